The number of nitrogens with zero attached hydrogens (tertiary/aromatic N) is 4. The van der Waals surface area contributed by atoms with Gasteiger partial charge < -0.3 is 0 Å². The molecule has 0 saturated heterocycles. The van der Waals surface area contributed by atoms with E-state index in [1.54, 1.807) is 23.5 Å². The zero-order valence-electron chi connectivity index (χ0n) is 18.9. The van der Waals surface area contributed by atoms with E-state index in [2.05, 4.69) is 46.4 Å². The van der Waals surface area contributed by atoms with E-state index in [9.17, 15) is 10.5 Å². The van der Waals surface area contributed by atoms with Crippen LogP contribution in [0.2, 0.25) is 0 Å². The molecule has 0 aliphatic rings. The zero-order valence-corrected chi connectivity index (χ0v) is 20.5. The van der Waals surface area contributed by atoms with Gasteiger partial charge in [0, 0.05) is 34.4 Å². The first-order chi connectivity index (χ1) is 15.4. The van der Waals surface area contributed by atoms with Crippen molar-refractivity contribution in [3.05, 3.63) is 92.6 Å². The third-order valence-electron chi connectivity index (χ3n) is 5.17. The maximum Gasteiger partial charge on any atom is 0.101 e. The largest absolute Gasteiger partial charge is 0.256 e. The van der Waals surface area contributed by atoms with Gasteiger partial charge in [-0.1, -0.05) is 24.3 Å². The molecule has 4 nitrogen and oxygen atoms in total. The van der Waals surface area contributed by atoms with Gasteiger partial charge >= 0.3 is 0 Å². The molecule has 0 atom stereocenters. The fourth-order valence-corrected chi connectivity index (χ4v) is 5.71. The first-order valence-electron chi connectivity index (χ1n) is 10.4. The Labute approximate surface area is 199 Å². The Hall–Kier alpha value is -2.80. The Morgan fingerprint density at radius 3 is 1.47 bits per heavy atom. The van der Waals surface area contributed by atoms with E-state index in [4.69, 9.17) is 0 Å². The minimum Gasteiger partial charge on any atom is -0.256 e. The van der Waals surface area contributed by atoms with Gasteiger partial charge in [-0.05, 0) is 62.1 Å². The Morgan fingerprint density at radius 1 is 0.688 bits per heavy atom. The van der Waals surface area contributed by atoms with E-state index in [-0.39, 0.29) is 0 Å². The smallest absolute Gasteiger partial charge is 0.101 e. The van der Waals surface area contributed by atoms with Crippen molar-refractivity contribution in [1.82, 2.24) is 9.97 Å². The second-order valence-corrected chi connectivity index (χ2v) is 9.75. The Morgan fingerprint density at radius 2 is 1.09 bits per heavy atom. The molecule has 0 saturated carbocycles. The SMILES string of the molecule is Cc1cc(C)c(C#N)c(CSCc2ccccc2CSCc2nc(C)cc(C)c2C#N)n1. The Balaban J connectivity index is 1.64. The summed E-state index contributed by atoms with van der Waals surface area (Å²) in [7, 11) is 0. The van der Waals surface area contributed by atoms with Gasteiger partial charge in [-0.15, -0.1) is 0 Å². The van der Waals surface area contributed by atoms with Crippen molar-refractivity contribution in [2.45, 2.75) is 50.7 Å². The molecule has 0 spiro atoms. The lowest BCUT2D eigenvalue weighted by Gasteiger charge is -2.11. The lowest BCUT2D eigenvalue weighted by atomic mass is 10.1. The summed E-state index contributed by atoms with van der Waals surface area (Å²) in [5.74, 6) is 3.15. The molecule has 0 aliphatic heterocycles. The second-order valence-electron chi connectivity index (χ2n) is 7.78. The summed E-state index contributed by atoms with van der Waals surface area (Å²) in [5, 5.41) is 19.0. The topological polar surface area (TPSA) is 73.4 Å². The van der Waals surface area contributed by atoms with Crippen LogP contribution in [0, 0.1) is 50.4 Å². The van der Waals surface area contributed by atoms with Crippen LogP contribution in [0.5, 0.6) is 0 Å². The summed E-state index contributed by atoms with van der Waals surface area (Å²) >= 11 is 3.56. The zero-order chi connectivity index (χ0) is 23.1. The normalized spacial score (nSPS) is 10.6. The molecule has 2 aromatic heterocycles. The van der Waals surface area contributed by atoms with Crippen LogP contribution < -0.4 is 0 Å². The molecular weight excluding hydrogens is 432 g/mol. The van der Waals surface area contributed by atoms with Crippen molar-refractivity contribution in [2.24, 2.45) is 0 Å². The number of aromatic nitrogens is 2. The highest BCUT2D eigenvalue weighted by molar-refractivity contribution is 7.98. The lowest BCUT2D eigenvalue weighted by Crippen LogP contribution is -2.00. The van der Waals surface area contributed by atoms with E-state index in [1.807, 2.05) is 39.8 Å². The predicted molar refractivity (Wildman–Crippen MR) is 133 cm³/mol. The summed E-state index contributed by atoms with van der Waals surface area (Å²) in [4.78, 5) is 9.18. The molecule has 6 heteroatoms. The van der Waals surface area contributed by atoms with Crippen molar-refractivity contribution in [1.29, 1.82) is 10.5 Å². The molecule has 1 aromatic carbocycles. The van der Waals surface area contributed by atoms with Crippen molar-refractivity contribution in [3.8, 4) is 12.1 Å². The quantitative estimate of drug-likeness (QED) is 0.393. The molecule has 0 N–H and O–H groups in total. The van der Waals surface area contributed by atoms with Crippen LogP contribution in [-0.4, -0.2) is 9.97 Å². The summed E-state index contributed by atoms with van der Waals surface area (Å²) < 4.78 is 0. The van der Waals surface area contributed by atoms with Crippen molar-refractivity contribution in [3.63, 3.8) is 0 Å². The van der Waals surface area contributed by atoms with Crippen molar-refractivity contribution >= 4 is 23.5 Å². The third-order valence-corrected chi connectivity index (χ3v) is 7.16. The maximum absolute atomic E-state index is 9.49. The number of aryl methyl sites for hydroxylation is 4. The van der Waals surface area contributed by atoms with Gasteiger partial charge in [0.2, 0.25) is 0 Å². The lowest BCUT2D eigenvalue weighted by molar-refractivity contribution is 1.07. The van der Waals surface area contributed by atoms with E-state index in [0.717, 1.165) is 45.4 Å². The summed E-state index contributed by atoms with van der Waals surface area (Å²) in [5.41, 5.74) is 9.59. The van der Waals surface area contributed by atoms with E-state index < -0.39 is 0 Å². The van der Waals surface area contributed by atoms with Gasteiger partial charge in [0.05, 0.1) is 22.5 Å². The van der Waals surface area contributed by atoms with E-state index >= 15 is 0 Å². The number of thioether (sulfide) groups is 2. The highest BCUT2D eigenvalue weighted by Gasteiger charge is 2.11. The van der Waals surface area contributed by atoms with Crippen LogP contribution >= 0.6 is 23.5 Å². The molecule has 0 unspecified atom stereocenters. The standard InChI is InChI=1S/C26H26N4S2/c1-17-9-19(3)29-25(23(17)11-27)15-31-13-21-7-5-6-8-22(21)14-32-16-26-24(12-28)18(2)10-20(4)30-26/h5-10H,13-16H2,1-4H3. The summed E-state index contributed by atoms with van der Waals surface area (Å²) in [6.45, 7) is 7.88. The first-order valence-corrected chi connectivity index (χ1v) is 12.7. The molecule has 2 heterocycles. The molecule has 32 heavy (non-hydrogen) atoms. The number of hydrogen-bond acceptors (Lipinski definition) is 6. The van der Waals surface area contributed by atoms with Gasteiger partial charge in [-0.2, -0.15) is 34.0 Å². The fourth-order valence-electron chi connectivity index (χ4n) is 3.70. The van der Waals surface area contributed by atoms with Gasteiger partial charge in [0.25, 0.3) is 0 Å². The summed E-state index contributed by atoms with van der Waals surface area (Å²) in [6, 6.07) is 17.0. The van der Waals surface area contributed by atoms with Crippen molar-refractivity contribution < 1.29 is 0 Å². The number of hydrogen-bond donors (Lipinski definition) is 0. The molecule has 162 valence electrons. The number of benzene rings is 1. The van der Waals surface area contributed by atoms with E-state index in [1.165, 1.54) is 11.1 Å². The molecule has 0 amide bonds. The van der Waals surface area contributed by atoms with Crippen LogP contribution in [0.4, 0.5) is 0 Å². The summed E-state index contributed by atoms with van der Waals surface area (Å²) in [6.07, 6.45) is 0. The van der Waals surface area contributed by atoms with Gasteiger partial charge in [-0.3, -0.25) is 9.97 Å². The van der Waals surface area contributed by atoms with Gasteiger partial charge in [0.1, 0.15) is 12.1 Å². The highest BCUT2D eigenvalue weighted by Crippen LogP contribution is 2.27. The maximum atomic E-state index is 9.49. The number of pyridine rings is 2. The fraction of sp³-hybridized carbons (Fsp3) is 0.308. The first kappa shape index (κ1) is 23.9. The van der Waals surface area contributed by atoms with Gasteiger partial charge in [0.15, 0.2) is 0 Å². The number of rotatable bonds is 8. The molecule has 0 radical (unpaired) electrons. The van der Waals surface area contributed by atoms with Crippen LogP contribution in [0.1, 0.15) is 56.2 Å². The average molecular weight is 459 g/mol. The van der Waals surface area contributed by atoms with Crippen molar-refractivity contribution in [2.75, 3.05) is 0 Å². The molecule has 0 bridgehead atoms. The Kier molecular flexibility index (Phi) is 8.33. The second kappa shape index (κ2) is 11.2. The van der Waals surface area contributed by atoms with E-state index in [0.29, 0.717) is 22.6 Å². The monoisotopic (exact) mass is 458 g/mol. The van der Waals surface area contributed by atoms with Crippen LogP contribution in [0.15, 0.2) is 36.4 Å². The third kappa shape index (κ3) is 5.91. The van der Waals surface area contributed by atoms with Gasteiger partial charge in [-0.25, -0.2) is 0 Å². The van der Waals surface area contributed by atoms with Crippen LogP contribution in [0.25, 0.3) is 0 Å². The molecule has 0 fully saturated rings. The number of nitriles is 2. The van der Waals surface area contributed by atoms with Crippen LogP contribution in [0.3, 0.4) is 0 Å². The molecule has 3 aromatic rings. The average Bonchev–Trinajstić information content (AvgIpc) is 2.74. The predicted octanol–water partition coefficient (Wildman–Crippen LogP) is 6.32. The Bertz CT molecular complexity index is 1110. The highest BCUT2D eigenvalue weighted by atomic mass is 32.2. The molecule has 0 aliphatic carbocycles. The minimum atomic E-state index is 0.696. The molecular formula is C26H26N4S2. The molecule has 3 rings (SSSR count). The minimum absolute atomic E-state index is 0.696. The van der Waals surface area contributed by atoms with Crippen LogP contribution in [-0.2, 0) is 23.0 Å².